The molecule has 2 aromatic heterocycles. The van der Waals surface area contributed by atoms with Crippen molar-refractivity contribution in [1.82, 2.24) is 25.5 Å². The first kappa shape index (κ1) is 13.4. The number of hydrogen-bond acceptors (Lipinski definition) is 5. The number of hydrogen-bond donors (Lipinski definition) is 1. The van der Waals surface area contributed by atoms with Gasteiger partial charge in [-0.3, -0.25) is 4.79 Å². The van der Waals surface area contributed by atoms with Crippen LogP contribution in [0, 0.1) is 0 Å². The van der Waals surface area contributed by atoms with Gasteiger partial charge in [0.2, 0.25) is 0 Å². The van der Waals surface area contributed by atoms with Crippen LogP contribution in [0.2, 0.25) is 0 Å². The molecule has 0 aromatic carbocycles. The van der Waals surface area contributed by atoms with Crippen LogP contribution in [0.25, 0.3) is 0 Å². The molecule has 3 heterocycles. The first-order chi connectivity index (χ1) is 10.7. The zero-order chi connectivity index (χ0) is 15.1. The summed E-state index contributed by atoms with van der Waals surface area (Å²) < 4.78 is 19.4. The highest BCUT2D eigenvalue weighted by Crippen LogP contribution is 2.35. The lowest BCUT2D eigenvalue weighted by Gasteiger charge is -2.22. The summed E-state index contributed by atoms with van der Waals surface area (Å²) in [6.45, 7) is 0.0536. The van der Waals surface area contributed by atoms with Crippen molar-refractivity contribution >= 4 is 5.91 Å². The maximum Gasteiger partial charge on any atom is 0.258 e. The summed E-state index contributed by atoms with van der Waals surface area (Å²) in [5, 5.41) is 13.7. The standard InChI is InChI=1S/C14H16FN5O2/c15-8-5-11(13-16-18-19-17-13)20(6-8)14(21)10-7-22-12-4-2-1-3-9(10)12/h7-8,11H,1-6H2,(H,16,17,18,19). The molecule has 0 radical (unpaired) electrons. The Labute approximate surface area is 125 Å². The van der Waals surface area contributed by atoms with E-state index in [1.165, 1.54) is 11.2 Å². The summed E-state index contributed by atoms with van der Waals surface area (Å²) in [5.74, 6) is 1.04. The van der Waals surface area contributed by atoms with Crippen LogP contribution in [0.1, 0.15) is 52.8 Å². The van der Waals surface area contributed by atoms with Crippen molar-refractivity contribution in [2.75, 3.05) is 6.54 Å². The minimum Gasteiger partial charge on any atom is -0.468 e. The van der Waals surface area contributed by atoms with Gasteiger partial charge in [0, 0.05) is 18.4 Å². The Kier molecular flexibility index (Phi) is 3.16. The highest BCUT2D eigenvalue weighted by molar-refractivity contribution is 5.96. The van der Waals surface area contributed by atoms with Gasteiger partial charge >= 0.3 is 0 Å². The van der Waals surface area contributed by atoms with Gasteiger partial charge < -0.3 is 9.32 Å². The lowest BCUT2D eigenvalue weighted by Crippen LogP contribution is -2.32. The molecular formula is C14H16FN5O2. The number of fused-ring (bicyclic) bond motifs is 1. The zero-order valence-corrected chi connectivity index (χ0v) is 12.0. The third-order valence-corrected chi connectivity index (χ3v) is 4.46. The van der Waals surface area contributed by atoms with Crippen LogP contribution in [-0.2, 0) is 12.8 Å². The summed E-state index contributed by atoms with van der Waals surface area (Å²) in [7, 11) is 0. The number of carbonyl (C=O) groups is 1. The number of aryl methyl sites for hydroxylation is 1. The summed E-state index contributed by atoms with van der Waals surface area (Å²) >= 11 is 0. The fourth-order valence-corrected chi connectivity index (χ4v) is 3.39. The summed E-state index contributed by atoms with van der Waals surface area (Å²) in [6.07, 6.45) is 4.47. The van der Waals surface area contributed by atoms with Crippen molar-refractivity contribution in [3.63, 3.8) is 0 Å². The van der Waals surface area contributed by atoms with Crippen molar-refractivity contribution in [1.29, 1.82) is 0 Å². The molecule has 1 fully saturated rings. The van der Waals surface area contributed by atoms with Crippen LogP contribution >= 0.6 is 0 Å². The van der Waals surface area contributed by atoms with E-state index in [4.69, 9.17) is 4.42 Å². The van der Waals surface area contributed by atoms with Gasteiger partial charge in [0.15, 0.2) is 5.82 Å². The molecule has 0 saturated carbocycles. The Bertz CT molecular complexity index is 683. The van der Waals surface area contributed by atoms with Gasteiger partial charge in [0.25, 0.3) is 5.91 Å². The number of aromatic amines is 1. The minimum atomic E-state index is -1.07. The third kappa shape index (κ3) is 2.10. The molecule has 8 heteroatoms. The molecule has 1 aliphatic heterocycles. The molecule has 0 bridgehead atoms. The van der Waals surface area contributed by atoms with E-state index in [1.54, 1.807) is 0 Å². The van der Waals surface area contributed by atoms with Crippen molar-refractivity contribution in [2.24, 2.45) is 0 Å². The van der Waals surface area contributed by atoms with E-state index >= 15 is 0 Å². The average Bonchev–Trinajstić information content (AvgIpc) is 3.25. The number of nitrogens with zero attached hydrogens (tertiary/aromatic N) is 4. The lowest BCUT2D eigenvalue weighted by atomic mass is 9.95. The van der Waals surface area contributed by atoms with E-state index in [-0.39, 0.29) is 18.9 Å². The maximum absolute atomic E-state index is 13.9. The number of nitrogens with one attached hydrogen (secondary N) is 1. The molecular weight excluding hydrogens is 289 g/mol. The quantitative estimate of drug-likeness (QED) is 0.910. The van der Waals surface area contributed by atoms with Crippen LogP contribution in [0.4, 0.5) is 4.39 Å². The number of aromatic nitrogens is 4. The second-order valence-electron chi connectivity index (χ2n) is 5.83. The molecule has 1 N–H and O–H groups in total. The number of amides is 1. The fourth-order valence-electron chi connectivity index (χ4n) is 3.39. The molecule has 0 spiro atoms. The Morgan fingerprint density at radius 2 is 2.27 bits per heavy atom. The van der Waals surface area contributed by atoms with E-state index in [0.29, 0.717) is 11.4 Å². The minimum absolute atomic E-state index is 0.0536. The first-order valence-electron chi connectivity index (χ1n) is 7.51. The van der Waals surface area contributed by atoms with Crippen molar-refractivity contribution in [3.8, 4) is 0 Å². The molecule has 22 heavy (non-hydrogen) atoms. The SMILES string of the molecule is O=C(c1coc2c1CCCC2)N1CC(F)CC1c1nn[nH]n1. The van der Waals surface area contributed by atoms with Crippen LogP contribution in [0.3, 0.4) is 0 Å². The smallest absolute Gasteiger partial charge is 0.258 e. The number of carbonyl (C=O) groups excluding carboxylic acids is 1. The van der Waals surface area contributed by atoms with Crippen LogP contribution in [-0.4, -0.2) is 44.1 Å². The predicted molar refractivity (Wildman–Crippen MR) is 72.8 cm³/mol. The second kappa shape index (κ2) is 5.19. The first-order valence-corrected chi connectivity index (χ1v) is 7.51. The molecule has 1 saturated heterocycles. The number of likely N-dealkylation sites (tertiary alicyclic amines) is 1. The summed E-state index contributed by atoms with van der Waals surface area (Å²) in [6, 6.07) is -0.476. The fraction of sp³-hybridized carbons (Fsp3) is 0.571. The Morgan fingerprint density at radius 3 is 3.09 bits per heavy atom. The van der Waals surface area contributed by atoms with Gasteiger partial charge in [0.05, 0.1) is 18.2 Å². The van der Waals surface area contributed by atoms with Crippen LogP contribution in [0.5, 0.6) is 0 Å². The van der Waals surface area contributed by atoms with Crippen LogP contribution in [0.15, 0.2) is 10.7 Å². The number of halogens is 1. The predicted octanol–water partition coefficient (Wildman–Crippen LogP) is 1.60. The zero-order valence-electron chi connectivity index (χ0n) is 12.0. The van der Waals surface area contributed by atoms with Crippen molar-refractivity contribution in [2.45, 2.75) is 44.3 Å². The Hall–Kier alpha value is -2.25. The molecule has 1 aliphatic carbocycles. The largest absolute Gasteiger partial charge is 0.468 e. The monoisotopic (exact) mass is 305 g/mol. The van der Waals surface area contributed by atoms with Crippen LogP contribution < -0.4 is 0 Å². The number of alkyl halides is 1. The molecule has 2 aliphatic rings. The van der Waals surface area contributed by atoms with E-state index in [0.717, 1.165) is 37.0 Å². The summed E-state index contributed by atoms with van der Waals surface area (Å²) in [4.78, 5) is 14.3. The van der Waals surface area contributed by atoms with E-state index < -0.39 is 12.2 Å². The van der Waals surface area contributed by atoms with E-state index in [1.807, 2.05) is 0 Å². The third-order valence-electron chi connectivity index (χ3n) is 4.46. The Morgan fingerprint density at radius 1 is 1.41 bits per heavy atom. The molecule has 4 rings (SSSR count). The molecule has 2 unspecified atom stereocenters. The Balaban J connectivity index is 1.65. The van der Waals surface area contributed by atoms with Gasteiger partial charge in [-0.05, 0) is 19.3 Å². The average molecular weight is 305 g/mol. The van der Waals surface area contributed by atoms with Gasteiger partial charge in [0.1, 0.15) is 18.2 Å². The number of furan rings is 1. The normalized spacial score (nSPS) is 24.5. The summed E-state index contributed by atoms with van der Waals surface area (Å²) in [5.41, 5.74) is 1.53. The maximum atomic E-state index is 13.9. The van der Waals surface area contributed by atoms with Gasteiger partial charge in [-0.15, -0.1) is 10.2 Å². The van der Waals surface area contributed by atoms with Crippen molar-refractivity contribution < 1.29 is 13.6 Å². The van der Waals surface area contributed by atoms with Gasteiger partial charge in [-0.1, -0.05) is 5.21 Å². The van der Waals surface area contributed by atoms with E-state index in [2.05, 4.69) is 20.6 Å². The topological polar surface area (TPSA) is 87.9 Å². The van der Waals surface area contributed by atoms with Crippen molar-refractivity contribution in [3.05, 3.63) is 29.0 Å². The number of H-pyrrole nitrogens is 1. The molecule has 1 amide bonds. The lowest BCUT2D eigenvalue weighted by molar-refractivity contribution is 0.0721. The molecule has 2 atom stereocenters. The molecule has 116 valence electrons. The second-order valence-corrected chi connectivity index (χ2v) is 5.83. The van der Waals surface area contributed by atoms with Gasteiger partial charge in [-0.2, -0.15) is 5.21 Å². The highest BCUT2D eigenvalue weighted by atomic mass is 19.1. The number of rotatable bonds is 2. The van der Waals surface area contributed by atoms with Gasteiger partial charge in [-0.25, -0.2) is 4.39 Å². The molecule has 7 nitrogen and oxygen atoms in total. The molecule has 2 aromatic rings. The number of tetrazole rings is 1. The highest BCUT2D eigenvalue weighted by Gasteiger charge is 2.40. The van der Waals surface area contributed by atoms with E-state index in [9.17, 15) is 9.18 Å².